The number of methoxy groups -OCH3 is 2. The fourth-order valence-corrected chi connectivity index (χ4v) is 3.24. The number of rotatable bonds is 5. The van der Waals surface area contributed by atoms with E-state index in [1.165, 1.54) is 49.5 Å². The molecule has 0 radical (unpaired) electrons. The van der Waals surface area contributed by atoms with Crippen molar-refractivity contribution in [3.05, 3.63) is 82.1 Å². The Morgan fingerprint density at radius 3 is 1.94 bits per heavy atom. The number of carboxylic acids is 1. The van der Waals surface area contributed by atoms with E-state index in [1.807, 2.05) is 0 Å². The summed E-state index contributed by atoms with van der Waals surface area (Å²) in [5.41, 5.74) is 2.02. The van der Waals surface area contributed by atoms with Crippen molar-refractivity contribution in [2.24, 2.45) is 0 Å². The van der Waals surface area contributed by atoms with Crippen LogP contribution in [-0.4, -0.2) is 43.1 Å². The van der Waals surface area contributed by atoms with E-state index in [2.05, 4.69) is 4.74 Å². The van der Waals surface area contributed by atoms with Crippen LogP contribution in [0.3, 0.4) is 0 Å². The molecule has 31 heavy (non-hydrogen) atoms. The van der Waals surface area contributed by atoms with E-state index in [9.17, 15) is 19.2 Å². The topological polar surface area (TPSA) is 110 Å². The highest BCUT2D eigenvalue weighted by Crippen LogP contribution is 2.35. The first-order valence-corrected chi connectivity index (χ1v) is 9.16. The van der Waals surface area contributed by atoms with Gasteiger partial charge in [-0.1, -0.05) is 12.1 Å². The Morgan fingerprint density at radius 1 is 0.871 bits per heavy atom. The van der Waals surface area contributed by atoms with Crippen LogP contribution >= 0.6 is 0 Å². The van der Waals surface area contributed by atoms with Gasteiger partial charge in [0.25, 0.3) is 5.91 Å². The highest BCUT2D eigenvalue weighted by molar-refractivity contribution is 6.23. The summed E-state index contributed by atoms with van der Waals surface area (Å²) < 4.78 is 9.54. The lowest BCUT2D eigenvalue weighted by Gasteiger charge is -2.18. The summed E-state index contributed by atoms with van der Waals surface area (Å²) in [4.78, 5) is 49.7. The molecule has 0 aromatic heterocycles. The average Bonchev–Trinajstić information content (AvgIpc) is 3.02. The van der Waals surface area contributed by atoms with Gasteiger partial charge in [-0.05, 0) is 55.0 Å². The molecule has 8 nitrogen and oxygen atoms in total. The Morgan fingerprint density at radius 2 is 1.42 bits per heavy atom. The van der Waals surface area contributed by atoms with Crippen molar-refractivity contribution in [2.45, 2.75) is 6.92 Å². The number of allylic oxidation sites excluding steroid dienone is 1. The molecule has 0 fully saturated rings. The van der Waals surface area contributed by atoms with Crippen LogP contribution in [0, 0.1) is 0 Å². The molecule has 3 rings (SSSR count). The van der Waals surface area contributed by atoms with E-state index >= 15 is 0 Å². The van der Waals surface area contributed by atoms with Crippen LogP contribution in [0.2, 0.25) is 0 Å². The third-order valence-electron chi connectivity index (χ3n) is 4.80. The van der Waals surface area contributed by atoms with Crippen LogP contribution in [-0.2, 0) is 19.1 Å². The Hall–Kier alpha value is -4.20. The lowest BCUT2D eigenvalue weighted by Crippen LogP contribution is -2.24. The predicted octanol–water partition coefficient (Wildman–Crippen LogP) is 3.05. The number of nitrogens with zero attached hydrogens (tertiary/aromatic N) is 1. The fourth-order valence-electron chi connectivity index (χ4n) is 3.24. The molecule has 1 aliphatic heterocycles. The molecule has 1 amide bonds. The lowest BCUT2D eigenvalue weighted by atomic mass is 10.0. The molecular formula is C23H19NO7. The Balaban J connectivity index is 2.05. The van der Waals surface area contributed by atoms with Crippen LogP contribution in [0.25, 0.3) is 6.08 Å². The van der Waals surface area contributed by atoms with Gasteiger partial charge in [0.05, 0.1) is 36.5 Å². The predicted molar refractivity (Wildman–Crippen MR) is 111 cm³/mol. The number of anilines is 1. The number of carbonyl (C=O) groups excluding carboxylic acids is 3. The van der Waals surface area contributed by atoms with Crippen molar-refractivity contribution in [3.8, 4) is 0 Å². The van der Waals surface area contributed by atoms with Crippen LogP contribution in [0.5, 0.6) is 0 Å². The Kier molecular flexibility index (Phi) is 6.01. The summed E-state index contributed by atoms with van der Waals surface area (Å²) in [6, 6.07) is 12.1. The first-order valence-electron chi connectivity index (χ1n) is 9.16. The highest BCUT2D eigenvalue weighted by atomic mass is 16.5. The number of hydrogen-bond acceptors (Lipinski definition) is 6. The van der Waals surface area contributed by atoms with Gasteiger partial charge in [0.15, 0.2) is 0 Å². The fraction of sp³-hybridized carbons (Fsp3) is 0.130. The smallest absolute Gasteiger partial charge is 0.340 e. The first kappa shape index (κ1) is 21.5. The highest BCUT2D eigenvalue weighted by Gasteiger charge is 2.37. The summed E-state index contributed by atoms with van der Waals surface area (Å²) in [7, 11) is 2.50. The molecule has 8 heteroatoms. The minimum absolute atomic E-state index is 0.104. The number of carboxylic acid groups (broad SMARTS) is 1. The standard InChI is InChI=1S/C23H19NO7/c1-13-19(23(29)31-3)18(12-14-4-6-15(7-5-14)21(26)27)20(25)24(13)17-10-8-16(9-11-17)22(28)30-2/h4-12H,1-3H3,(H,26,27)/b18-12-. The van der Waals surface area contributed by atoms with E-state index in [0.29, 0.717) is 22.5 Å². The number of hydrogen-bond donors (Lipinski definition) is 1. The minimum Gasteiger partial charge on any atom is -0.478 e. The second-order valence-corrected chi connectivity index (χ2v) is 6.62. The van der Waals surface area contributed by atoms with Crippen LogP contribution in [0.4, 0.5) is 5.69 Å². The van der Waals surface area contributed by atoms with Crippen molar-refractivity contribution in [3.63, 3.8) is 0 Å². The van der Waals surface area contributed by atoms with Crippen molar-refractivity contribution in [1.82, 2.24) is 0 Å². The maximum Gasteiger partial charge on any atom is 0.340 e. The number of aromatic carboxylic acids is 1. The molecular weight excluding hydrogens is 402 g/mol. The zero-order valence-electron chi connectivity index (χ0n) is 17.0. The maximum absolute atomic E-state index is 13.2. The third kappa shape index (κ3) is 4.09. The number of esters is 2. The van der Waals surface area contributed by atoms with Gasteiger partial charge in [-0.25, -0.2) is 14.4 Å². The molecule has 0 aliphatic carbocycles. The molecule has 0 spiro atoms. The second kappa shape index (κ2) is 8.66. The molecule has 1 N–H and O–H groups in total. The van der Waals surface area contributed by atoms with E-state index < -0.39 is 23.8 Å². The minimum atomic E-state index is -1.07. The van der Waals surface area contributed by atoms with Crippen LogP contribution in [0.15, 0.2) is 65.4 Å². The van der Waals surface area contributed by atoms with Crippen molar-refractivity contribution in [1.29, 1.82) is 0 Å². The summed E-state index contributed by atoms with van der Waals surface area (Å²) in [6.07, 6.45) is 1.51. The molecule has 0 bridgehead atoms. The van der Waals surface area contributed by atoms with Crippen molar-refractivity contribution >= 4 is 35.6 Å². The van der Waals surface area contributed by atoms with E-state index in [1.54, 1.807) is 31.2 Å². The van der Waals surface area contributed by atoms with Gasteiger partial charge in [-0.2, -0.15) is 0 Å². The average molecular weight is 421 g/mol. The summed E-state index contributed by atoms with van der Waals surface area (Å²) in [5, 5.41) is 9.04. The summed E-state index contributed by atoms with van der Waals surface area (Å²) >= 11 is 0. The largest absolute Gasteiger partial charge is 0.478 e. The molecule has 0 saturated carbocycles. The molecule has 0 unspecified atom stereocenters. The summed E-state index contributed by atoms with van der Waals surface area (Å²) in [6.45, 7) is 1.62. The normalized spacial score (nSPS) is 14.7. The quantitative estimate of drug-likeness (QED) is 0.584. The van der Waals surface area contributed by atoms with Gasteiger partial charge in [0.2, 0.25) is 0 Å². The molecule has 2 aromatic rings. The zero-order chi connectivity index (χ0) is 22.7. The lowest BCUT2D eigenvalue weighted by molar-refractivity contribution is -0.136. The van der Waals surface area contributed by atoms with E-state index in [-0.39, 0.29) is 16.7 Å². The van der Waals surface area contributed by atoms with Gasteiger partial charge in [-0.3, -0.25) is 9.69 Å². The Labute approximate surface area is 178 Å². The number of benzene rings is 2. The SMILES string of the molecule is COC(=O)C1=C(C)N(c2ccc(C(=O)OC)cc2)C(=O)/C1=C\c1ccc(C(=O)O)cc1. The summed E-state index contributed by atoms with van der Waals surface area (Å²) in [5.74, 6) is -2.70. The molecule has 0 saturated heterocycles. The van der Waals surface area contributed by atoms with Gasteiger partial charge in [0, 0.05) is 11.4 Å². The number of ether oxygens (including phenoxy) is 2. The van der Waals surface area contributed by atoms with Crippen LogP contribution in [0.1, 0.15) is 33.2 Å². The molecule has 1 heterocycles. The molecule has 0 atom stereocenters. The maximum atomic E-state index is 13.2. The third-order valence-corrected chi connectivity index (χ3v) is 4.80. The van der Waals surface area contributed by atoms with Crippen LogP contribution < -0.4 is 4.90 Å². The monoisotopic (exact) mass is 421 g/mol. The number of carbonyl (C=O) groups is 4. The molecule has 1 aliphatic rings. The van der Waals surface area contributed by atoms with Gasteiger partial charge in [0.1, 0.15) is 0 Å². The van der Waals surface area contributed by atoms with E-state index in [4.69, 9.17) is 9.84 Å². The first-order chi connectivity index (χ1) is 14.8. The molecule has 158 valence electrons. The second-order valence-electron chi connectivity index (χ2n) is 6.62. The van der Waals surface area contributed by atoms with Crippen molar-refractivity contribution < 1.29 is 33.8 Å². The van der Waals surface area contributed by atoms with Gasteiger partial charge in [-0.15, -0.1) is 0 Å². The van der Waals surface area contributed by atoms with E-state index in [0.717, 1.165) is 0 Å². The Bertz CT molecular complexity index is 1130. The van der Waals surface area contributed by atoms with Gasteiger partial charge >= 0.3 is 17.9 Å². The number of amides is 1. The van der Waals surface area contributed by atoms with Crippen molar-refractivity contribution in [2.75, 3.05) is 19.1 Å². The van der Waals surface area contributed by atoms with Gasteiger partial charge < -0.3 is 14.6 Å². The molecule has 2 aromatic carbocycles. The zero-order valence-corrected chi connectivity index (χ0v) is 17.0.